The Morgan fingerprint density at radius 1 is 1.60 bits per heavy atom. The minimum atomic E-state index is 0.506. The van der Waals surface area contributed by atoms with Crippen LogP contribution >= 0.6 is 11.3 Å². The molecule has 1 heterocycles. The zero-order chi connectivity index (χ0) is 10.6. The second-order valence-electron chi connectivity index (χ2n) is 4.27. The lowest BCUT2D eigenvalue weighted by Crippen LogP contribution is -2.28. The van der Waals surface area contributed by atoms with Gasteiger partial charge in [-0.1, -0.05) is 0 Å². The Morgan fingerprint density at radius 3 is 3.07 bits per heavy atom. The van der Waals surface area contributed by atoms with Gasteiger partial charge in [-0.2, -0.15) is 0 Å². The Balaban J connectivity index is 1.71. The maximum absolute atomic E-state index is 5.01. The van der Waals surface area contributed by atoms with E-state index in [4.69, 9.17) is 4.74 Å². The lowest BCUT2D eigenvalue weighted by atomic mass is 10.0. The summed E-state index contributed by atoms with van der Waals surface area (Å²) in [6, 6.07) is 0. The number of nitrogens with zero attached hydrogens (tertiary/aromatic N) is 1. The predicted octanol–water partition coefficient (Wildman–Crippen LogP) is 1.70. The smallest absolute Gasteiger partial charge is 0.0930 e. The van der Waals surface area contributed by atoms with Gasteiger partial charge in [0.15, 0.2) is 0 Å². The van der Waals surface area contributed by atoms with E-state index in [1.807, 2.05) is 6.20 Å². The van der Waals surface area contributed by atoms with Crippen molar-refractivity contribution >= 4 is 11.3 Å². The molecule has 1 fully saturated rings. The third-order valence-corrected chi connectivity index (χ3v) is 3.73. The number of hydrogen-bond acceptors (Lipinski definition) is 4. The predicted molar refractivity (Wildman–Crippen MR) is 62.2 cm³/mol. The minimum Gasteiger partial charge on any atom is -0.383 e. The zero-order valence-electron chi connectivity index (χ0n) is 9.16. The Labute approximate surface area is 94.9 Å². The van der Waals surface area contributed by atoms with Crippen LogP contribution in [0.2, 0.25) is 0 Å². The van der Waals surface area contributed by atoms with Crippen molar-refractivity contribution in [3.05, 3.63) is 16.6 Å². The Kier molecular flexibility index (Phi) is 3.72. The van der Waals surface area contributed by atoms with Crippen LogP contribution in [0.15, 0.2) is 11.6 Å². The second kappa shape index (κ2) is 5.05. The van der Waals surface area contributed by atoms with Gasteiger partial charge in [0.25, 0.3) is 0 Å². The molecule has 84 valence electrons. The summed E-state index contributed by atoms with van der Waals surface area (Å²) in [6.07, 6.45) is 5.72. The normalized spacial score (nSPS) is 17.9. The van der Waals surface area contributed by atoms with E-state index in [0.29, 0.717) is 5.41 Å². The van der Waals surface area contributed by atoms with Gasteiger partial charge in [-0.05, 0) is 18.3 Å². The molecular weight excluding hydrogens is 208 g/mol. The molecule has 1 aromatic rings. The highest BCUT2D eigenvalue weighted by molar-refractivity contribution is 7.09. The van der Waals surface area contributed by atoms with E-state index in [0.717, 1.165) is 26.1 Å². The molecule has 4 heteroatoms. The highest BCUT2D eigenvalue weighted by Crippen LogP contribution is 2.47. The first kappa shape index (κ1) is 11.0. The van der Waals surface area contributed by atoms with Crippen LogP contribution in [0.3, 0.4) is 0 Å². The van der Waals surface area contributed by atoms with Crippen LogP contribution in [0, 0.1) is 5.41 Å². The number of methoxy groups -OCH3 is 1. The van der Waals surface area contributed by atoms with Gasteiger partial charge in [0.1, 0.15) is 0 Å². The monoisotopic (exact) mass is 226 g/mol. The topological polar surface area (TPSA) is 34.1 Å². The van der Waals surface area contributed by atoms with Gasteiger partial charge in [0.2, 0.25) is 0 Å². The number of nitrogens with one attached hydrogen (secondary N) is 1. The fraction of sp³-hybridized carbons (Fsp3) is 0.727. The zero-order valence-corrected chi connectivity index (χ0v) is 9.98. The average molecular weight is 226 g/mol. The number of hydrogen-bond donors (Lipinski definition) is 1. The largest absolute Gasteiger partial charge is 0.383 e. The summed E-state index contributed by atoms with van der Waals surface area (Å²) in [5, 5.41) is 6.79. The van der Waals surface area contributed by atoms with Crippen LogP contribution < -0.4 is 5.32 Å². The van der Waals surface area contributed by atoms with Crippen molar-refractivity contribution in [2.45, 2.75) is 19.3 Å². The summed E-state index contributed by atoms with van der Waals surface area (Å²) in [6.45, 7) is 2.86. The molecule has 0 aliphatic heterocycles. The number of ether oxygens (including phenoxy) is 1. The first-order valence-corrected chi connectivity index (χ1v) is 6.31. The van der Waals surface area contributed by atoms with Crippen LogP contribution in [-0.2, 0) is 11.2 Å². The van der Waals surface area contributed by atoms with Gasteiger partial charge < -0.3 is 10.1 Å². The van der Waals surface area contributed by atoms with Gasteiger partial charge in [0.05, 0.1) is 11.6 Å². The molecule has 1 aliphatic rings. The number of thiazole rings is 1. The van der Waals surface area contributed by atoms with Crippen molar-refractivity contribution in [2.24, 2.45) is 5.41 Å². The molecule has 0 saturated heterocycles. The summed E-state index contributed by atoms with van der Waals surface area (Å²) in [7, 11) is 1.74. The lowest BCUT2D eigenvalue weighted by molar-refractivity contribution is 0.197. The van der Waals surface area contributed by atoms with E-state index in [2.05, 4.69) is 15.7 Å². The molecule has 0 atom stereocenters. The standard InChI is InChI=1S/C11H18N2OS/c1-14-6-4-12-9-11(2-3-11)8-10-13-5-7-15-10/h5,7,12H,2-4,6,8-9H2,1H3. The molecule has 1 saturated carbocycles. The van der Waals surface area contributed by atoms with Crippen molar-refractivity contribution in [1.82, 2.24) is 10.3 Å². The molecule has 0 unspecified atom stereocenters. The summed E-state index contributed by atoms with van der Waals surface area (Å²) in [4.78, 5) is 4.35. The quantitative estimate of drug-likeness (QED) is 0.719. The summed E-state index contributed by atoms with van der Waals surface area (Å²) in [5.41, 5.74) is 0.506. The van der Waals surface area contributed by atoms with Crippen LogP contribution in [0.5, 0.6) is 0 Å². The minimum absolute atomic E-state index is 0.506. The molecule has 3 nitrogen and oxygen atoms in total. The SMILES string of the molecule is COCCNCC1(Cc2nccs2)CC1. The van der Waals surface area contributed by atoms with Gasteiger partial charge in [0, 0.05) is 38.2 Å². The first-order chi connectivity index (χ1) is 7.35. The van der Waals surface area contributed by atoms with E-state index >= 15 is 0 Å². The van der Waals surface area contributed by atoms with E-state index < -0.39 is 0 Å². The summed E-state index contributed by atoms with van der Waals surface area (Å²) < 4.78 is 5.01. The molecular formula is C11H18N2OS. The van der Waals surface area contributed by atoms with E-state index in [9.17, 15) is 0 Å². The molecule has 0 radical (unpaired) electrons. The van der Waals surface area contributed by atoms with Gasteiger partial charge in [-0.3, -0.25) is 0 Å². The lowest BCUT2D eigenvalue weighted by Gasteiger charge is -2.14. The van der Waals surface area contributed by atoms with Crippen LogP contribution in [0.25, 0.3) is 0 Å². The molecule has 2 rings (SSSR count). The fourth-order valence-electron chi connectivity index (χ4n) is 1.78. The van der Waals surface area contributed by atoms with Crippen LogP contribution in [0.1, 0.15) is 17.8 Å². The molecule has 1 aromatic heterocycles. The maximum atomic E-state index is 5.01. The molecule has 0 amide bonds. The van der Waals surface area contributed by atoms with Gasteiger partial charge in [-0.15, -0.1) is 11.3 Å². The fourth-order valence-corrected chi connectivity index (χ4v) is 2.57. The van der Waals surface area contributed by atoms with Crippen LogP contribution in [0.4, 0.5) is 0 Å². The molecule has 0 bridgehead atoms. The third-order valence-electron chi connectivity index (χ3n) is 2.95. The van der Waals surface area contributed by atoms with Crippen molar-refractivity contribution in [2.75, 3.05) is 26.8 Å². The third kappa shape index (κ3) is 3.26. The van der Waals surface area contributed by atoms with Crippen molar-refractivity contribution in [3.63, 3.8) is 0 Å². The second-order valence-corrected chi connectivity index (χ2v) is 5.25. The Morgan fingerprint density at radius 2 is 2.47 bits per heavy atom. The van der Waals surface area contributed by atoms with Crippen LogP contribution in [-0.4, -0.2) is 31.8 Å². The Hall–Kier alpha value is -0.450. The molecule has 0 aromatic carbocycles. The highest BCUT2D eigenvalue weighted by atomic mass is 32.1. The van der Waals surface area contributed by atoms with E-state index in [-0.39, 0.29) is 0 Å². The van der Waals surface area contributed by atoms with Gasteiger partial charge >= 0.3 is 0 Å². The molecule has 1 N–H and O–H groups in total. The molecule has 15 heavy (non-hydrogen) atoms. The summed E-state index contributed by atoms with van der Waals surface area (Å²) in [5.74, 6) is 0. The number of rotatable bonds is 7. The maximum Gasteiger partial charge on any atom is 0.0930 e. The Bertz CT molecular complexity index is 283. The average Bonchev–Trinajstić information content (AvgIpc) is 2.79. The van der Waals surface area contributed by atoms with E-state index in [1.165, 1.54) is 17.8 Å². The summed E-state index contributed by atoms with van der Waals surface area (Å²) >= 11 is 1.77. The molecule has 1 aliphatic carbocycles. The van der Waals surface area contributed by atoms with Crippen molar-refractivity contribution < 1.29 is 4.74 Å². The van der Waals surface area contributed by atoms with E-state index in [1.54, 1.807) is 18.4 Å². The van der Waals surface area contributed by atoms with Crippen molar-refractivity contribution in [1.29, 1.82) is 0 Å². The highest BCUT2D eigenvalue weighted by Gasteiger charge is 2.42. The first-order valence-electron chi connectivity index (χ1n) is 5.43. The molecule has 0 spiro atoms. The van der Waals surface area contributed by atoms with Gasteiger partial charge in [-0.25, -0.2) is 4.98 Å². The van der Waals surface area contributed by atoms with Crippen molar-refractivity contribution in [3.8, 4) is 0 Å². The number of aromatic nitrogens is 1.